The zero-order valence-electron chi connectivity index (χ0n) is 13.5. The number of carbonyl (C=O) groups excluding carboxylic acids is 2. The van der Waals surface area contributed by atoms with Crippen molar-refractivity contribution < 1.29 is 14.3 Å². The van der Waals surface area contributed by atoms with Crippen molar-refractivity contribution in [2.75, 3.05) is 14.1 Å². The molecule has 0 radical (unpaired) electrons. The van der Waals surface area contributed by atoms with Gasteiger partial charge in [0.05, 0.1) is 0 Å². The van der Waals surface area contributed by atoms with E-state index in [0.29, 0.717) is 16.2 Å². The molecular formula is C18H19NO3S. The first-order valence-corrected chi connectivity index (χ1v) is 8.43. The molecule has 1 amide bonds. The Morgan fingerprint density at radius 2 is 1.96 bits per heavy atom. The van der Waals surface area contributed by atoms with Gasteiger partial charge in [-0.3, -0.25) is 4.79 Å². The van der Waals surface area contributed by atoms with E-state index >= 15 is 0 Å². The van der Waals surface area contributed by atoms with E-state index in [0.717, 1.165) is 18.4 Å². The number of hydrogen-bond acceptors (Lipinski definition) is 4. The molecule has 120 valence electrons. The van der Waals surface area contributed by atoms with Gasteiger partial charge in [0.1, 0.15) is 10.6 Å². The summed E-state index contributed by atoms with van der Waals surface area (Å²) >= 11 is 1.52. The number of carbonyl (C=O) groups is 2. The topological polar surface area (TPSA) is 46.6 Å². The molecule has 1 aliphatic carbocycles. The molecule has 0 saturated carbocycles. The standard InChI is InChI=1S/C18H19NO3S/c1-11-7-8-13(17(20)19(2)3)9-14(11)22-18(21)16-10-12-5-4-6-15(12)23-16/h7-10H,4-6H2,1-3H3. The van der Waals surface area contributed by atoms with Crippen LogP contribution in [-0.4, -0.2) is 30.9 Å². The van der Waals surface area contributed by atoms with Gasteiger partial charge in [0, 0.05) is 24.5 Å². The molecule has 3 rings (SSSR count). The fourth-order valence-electron chi connectivity index (χ4n) is 2.68. The number of fused-ring (bicyclic) bond motifs is 1. The van der Waals surface area contributed by atoms with Gasteiger partial charge in [0.2, 0.25) is 0 Å². The maximum Gasteiger partial charge on any atom is 0.353 e. The van der Waals surface area contributed by atoms with Crippen molar-refractivity contribution in [3.05, 3.63) is 50.7 Å². The normalized spacial score (nSPS) is 12.8. The SMILES string of the molecule is Cc1ccc(C(=O)N(C)C)cc1OC(=O)c1cc2c(s1)CCC2. The highest BCUT2D eigenvalue weighted by Crippen LogP contribution is 2.31. The van der Waals surface area contributed by atoms with Crippen molar-refractivity contribution in [2.24, 2.45) is 0 Å². The highest BCUT2D eigenvalue weighted by atomic mass is 32.1. The van der Waals surface area contributed by atoms with Crippen LogP contribution in [-0.2, 0) is 12.8 Å². The van der Waals surface area contributed by atoms with Gasteiger partial charge in [-0.15, -0.1) is 11.3 Å². The molecule has 0 unspecified atom stereocenters. The molecule has 1 aliphatic rings. The summed E-state index contributed by atoms with van der Waals surface area (Å²) in [5.74, 6) is -0.0180. The molecule has 0 saturated heterocycles. The number of benzene rings is 1. The second-order valence-electron chi connectivity index (χ2n) is 5.98. The number of hydrogen-bond donors (Lipinski definition) is 0. The van der Waals surface area contributed by atoms with Gasteiger partial charge >= 0.3 is 5.97 Å². The second-order valence-corrected chi connectivity index (χ2v) is 7.12. The predicted molar refractivity (Wildman–Crippen MR) is 90.5 cm³/mol. The molecule has 1 heterocycles. The summed E-state index contributed by atoms with van der Waals surface area (Å²) in [5.41, 5.74) is 2.62. The van der Waals surface area contributed by atoms with Crippen molar-refractivity contribution in [3.8, 4) is 5.75 Å². The maximum atomic E-state index is 12.4. The first-order chi connectivity index (χ1) is 11.0. The van der Waals surface area contributed by atoms with Gasteiger partial charge in [0.15, 0.2) is 0 Å². The van der Waals surface area contributed by atoms with Crippen LogP contribution >= 0.6 is 11.3 Å². The lowest BCUT2D eigenvalue weighted by Gasteiger charge is -2.12. The average Bonchev–Trinajstić information content (AvgIpc) is 3.10. The monoisotopic (exact) mass is 329 g/mol. The lowest BCUT2D eigenvalue weighted by Crippen LogP contribution is -2.21. The van der Waals surface area contributed by atoms with Crippen LogP contribution in [0.25, 0.3) is 0 Å². The Kier molecular flexibility index (Phi) is 4.22. The molecule has 0 bridgehead atoms. The molecular weight excluding hydrogens is 310 g/mol. The number of ether oxygens (including phenoxy) is 1. The van der Waals surface area contributed by atoms with Crippen molar-refractivity contribution in [3.63, 3.8) is 0 Å². The third-order valence-electron chi connectivity index (χ3n) is 3.99. The van der Waals surface area contributed by atoms with Gasteiger partial charge in [0.25, 0.3) is 5.91 Å². The number of nitrogens with zero attached hydrogens (tertiary/aromatic N) is 1. The Morgan fingerprint density at radius 1 is 1.17 bits per heavy atom. The van der Waals surface area contributed by atoms with Gasteiger partial charge in [-0.05, 0) is 55.5 Å². The van der Waals surface area contributed by atoms with E-state index in [9.17, 15) is 9.59 Å². The first kappa shape index (κ1) is 15.7. The lowest BCUT2D eigenvalue weighted by atomic mass is 10.1. The molecule has 0 aliphatic heterocycles. The molecule has 5 heteroatoms. The van der Waals surface area contributed by atoms with E-state index in [4.69, 9.17) is 4.74 Å². The van der Waals surface area contributed by atoms with Crippen LogP contribution in [0.4, 0.5) is 0 Å². The minimum atomic E-state index is -0.345. The van der Waals surface area contributed by atoms with Gasteiger partial charge in [-0.1, -0.05) is 6.07 Å². The van der Waals surface area contributed by atoms with Gasteiger partial charge in [-0.2, -0.15) is 0 Å². The number of esters is 1. The van der Waals surface area contributed by atoms with Crippen LogP contribution < -0.4 is 4.74 Å². The van der Waals surface area contributed by atoms with Crippen molar-refractivity contribution >= 4 is 23.2 Å². The van der Waals surface area contributed by atoms with E-state index in [-0.39, 0.29) is 11.9 Å². The smallest absolute Gasteiger partial charge is 0.353 e. The zero-order valence-corrected chi connectivity index (χ0v) is 14.3. The van der Waals surface area contributed by atoms with E-state index < -0.39 is 0 Å². The van der Waals surface area contributed by atoms with E-state index in [1.54, 1.807) is 32.3 Å². The minimum absolute atomic E-state index is 0.114. The quantitative estimate of drug-likeness (QED) is 0.640. The summed E-state index contributed by atoms with van der Waals surface area (Å²) in [6.07, 6.45) is 3.27. The molecule has 1 aromatic heterocycles. The van der Waals surface area contributed by atoms with Gasteiger partial charge < -0.3 is 9.64 Å². The Labute approximate surface area is 139 Å². The Hall–Kier alpha value is -2.14. The van der Waals surface area contributed by atoms with Crippen molar-refractivity contribution in [1.82, 2.24) is 4.90 Å². The Balaban J connectivity index is 1.82. The molecule has 1 aromatic carbocycles. The fourth-order valence-corrected chi connectivity index (χ4v) is 3.81. The highest BCUT2D eigenvalue weighted by Gasteiger charge is 2.20. The Morgan fingerprint density at radius 3 is 2.65 bits per heavy atom. The maximum absolute atomic E-state index is 12.4. The average molecular weight is 329 g/mol. The molecule has 0 fully saturated rings. The minimum Gasteiger partial charge on any atom is -0.422 e. The number of rotatable bonds is 3. The van der Waals surface area contributed by atoms with Gasteiger partial charge in [-0.25, -0.2) is 4.79 Å². The largest absolute Gasteiger partial charge is 0.422 e. The van der Waals surface area contributed by atoms with E-state index in [1.807, 2.05) is 13.0 Å². The summed E-state index contributed by atoms with van der Waals surface area (Å²) in [7, 11) is 3.39. The van der Waals surface area contributed by atoms with E-state index in [2.05, 4.69) is 0 Å². The Bertz CT molecular complexity index is 755. The first-order valence-electron chi connectivity index (χ1n) is 7.62. The number of amides is 1. The molecule has 0 spiro atoms. The van der Waals surface area contributed by atoms with Crippen molar-refractivity contribution in [2.45, 2.75) is 26.2 Å². The fraction of sp³-hybridized carbons (Fsp3) is 0.333. The summed E-state index contributed by atoms with van der Waals surface area (Å²) in [5, 5.41) is 0. The predicted octanol–water partition coefficient (Wildman–Crippen LogP) is 3.47. The van der Waals surface area contributed by atoms with Crippen LogP contribution in [0.1, 0.15) is 42.5 Å². The van der Waals surface area contributed by atoms with Crippen LogP contribution in [0, 0.1) is 6.92 Å². The highest BCUT2D eigenvalue weighted by molar-refractivity contribution is 7.14. The molecule has 2 aromatic rings. The number of thiophene rings is 1. The molecule has 0 atom stereocenters. The van der Waals surface area contributed by atoms with Crippen molar-refractivity contribution in [1.29, 1.82) is 0 Å². The number of aryl methyl sites for hydroxylation is 3. The summed E-state index contributed by atoms with van der Waals surface area (Å²) in [4.78, 5) is 27.9. The van der Waals surface area contributed by atoms with Crippen LogP contribution in [0.3, 0.4) is 0 Å². The van der Waals surface area contributed by atoms with Crippen LogP contribution in [0.5, 0.6) is 5.75 Å². The van der Waals surface area contributed by atoms with E-state index in [1.165, 1.54) is 33.1 Å². The lowest BCUT2D eigenvalue weighted by molar-refractivity contribution is 0.0735. The summed E-state index contributed by atoms with van der Waals surface area (Å²) in [6, 6.07) is 7.12. The molecule has 4 nitrogen and oxygen atoms in total. The van der Waals surface area contributed by atoms with Crippen LogP contribution in [0.15, 0.2) is 24.3 Å². The second kappa shape index (κ2) is 6.16. The zero-order chi connectivity index (χ0) is 16.6. The summed E-state index contributed by atoms with van der Waals surface area (Å²) in [6.45, 7) is 1.86. The molecule has 0 N–H and O–H groups in total. The third-order valence-corrected chi connectivity index (χ3v) is 5.21. The van der Waals surface area contributed by atoms with Crippen LogP contribution in [0.2, 0.25) is 0 Å². The summed E-state index contributed by atoms with van der Waals surface area (Å²) < 4.78 is 5.54. The third kappa shape index (κ3) is 3.15. The molecule has 23 heavy (non-hydrogen) atoms.